The van der Waals surface area contributed by atoms with Crippen molar-refractivity contribution >= 4 is 28.6 Å². The molecule has 0 aliphatic carbocycles. The van der Waals surface area contributed by atoms with Crippen molar-refractivity contribution in [1.29, 1.82) is 0 Å². The summed E-state index contributed by atoms with van der Waals surface area (Å²) in [6, 6.07) is 12.9. The van der Waals surface area contributed by atoms with E-state index in [0.717, 1.165) is 15.2 Å². The standard InChI is InChI=1S/C15H10N2O2S/c18-15(19)13-9-14(20-10-5-7-16-8-6-10)11-3-1-2-4-12(11)17-13/h1-9H,(H,18,19). The number of hydrogen-bond donors (Lipinski definition) is 1. The Balaban J connectivity index is 2.15. The molecule has 0 spiro atoms. The molecule has 4 nitrogen and oxygen atoms in total. The summed E-state index contributed by atoms with van der Waals surface area (Å²) in [5, 5.41) is 10.1. The van der Waals surface area contributed by atoms with Gasteiger partial charge in [-0.15, -0.1) is 0 Å². The van der Waals surface area contributed by atoms with Gasteiger partial charge < -0.3 is 5.11 Å². The van der Waals surface area contributed by atoms with E-state index in [2.05, 4.69) is 9.97 Å². The lowest BCUT2D eigenvalue weighted by Gasteiger charge is -2.07. The Morgan fingerprint density at radius 3 is 2.60 bits per heavy atom. The van der Waals surface area contributed by atoms with E-state index in [4.69, 9.17) is 5.11 Å². The van der Waals surface area contributed by atoms with Crippen LogP contribution in [0.2, 0.25) is 0 Å². The van der Waals surface area contributed by atoms with Gasteiger partial charge in [0, 0.05) is 27.6 Å². The van der Waals surface area contributed by atoms with Gasteiger partial charge in [0.05, 0.1) is 5.52 Å². The molecule has 2 aromatic heterocycles. The zero-order valence-corrected chi connectivity index (χ0v) is 11.2. The van der Waals surface area contributed by atoms with Crippen LogP contribution >= 0.6 is 11.8 Å². The van der Waals surface area contributed by atoms with Crippen LogP contribution in [0.5, 0.6) is 0 Å². The number of hydrogen-bond acceptors (Lipinski definition) is 4. The first kappa shape index (κ1) is 12.6. The molecule has 1 N–H and O–H groups in total. The molecule has 20 heavy (non-hydrogen) atoms. The first-order valence-electron chi connectivity index (χ1n) is 5.95. The van der Waals surface area contributed by atoms with Crippen molar-refractivity contribution < 1.29 is 9.90 Å². The molecule has 2 heterocycles. The average Bonchev–Trinajstić information content (AvgIpc) is 2.48. The molecule has 0 radical (unpaired) electrons. The molecular formula is C15H10N2O2S. The van der Waals surface area contributed by atoms with Crippen LogP contribution in [0, 0.1) is 0 Å². The third-order valence-corrected chi connectivity index (χ3v) is 3.84. The van der Waals surface area contributed by atoms with Gasteiger partial charge in [-0.3, -0.25) is 4.98 Å². The van der Waals surface area contributed by atoms with Gasteiger partial charge in [0.15, 0.2) is 0 Å². The molecule has 0 amide bonds. The van der Waals surface area contributed by atoms with E-state index in [9.17, 15) is 4.79 Å². The van der Waals surface area contributed by atoms with Gasteiger partial charge in [-0.25, -0.2) is 9.78 Å². The topological polar surface area (TPSA) is 63.1 Å². The van der Waals surface area contributed by atoms with E-state index in [1.807, 2.05) is 36.4 Å². The maximum absolute atomic E-state index is 11.2. The highest BCUT2D eigenvalue weighted by Gasteiger charge is 2.11. The Bertz CT molecular complexity index is 775. The number of nitrogens with zero attached hydrogens (tertiary/aromatic N) is 2. The second-order valence-electron chi connectivity index (χ2n) is 4.11. The Hall–Kier alpha value is -2.40. The lowest BCUT2D eigenvalue weighted by molar-refractivity contribution is 0.0690. The summed E-state index contributed by atoms with van der Waals surface area (Å²) >= 11 is 1.51. The minimum Gasteiger partial charge on any atom is -0.477 e. The minimum absolute atomic E-state index is 0.0558. The third kappa shape index (κ3) is 2.48. The highest BCUT2D eigenvalue weighted by molar-refractivity contribution is 7.99. The monoisotopic (exact) mass is 282 g/mol. The fourth-order valence-corrected chi connectivity index (χ4v) is 2.84. The predicted octanol–water partition coefficient (Wildman–Crippen LogP) is 3.48. The van der Waals surface area contributed by atoms with Crippen molar-refractivity contribution in [2.45, 2.75) is 9.79 Å². The number of aromatic nitrogens is 2. The second-order valence-corrected chi connectivity index (χ2v) is 5.23. The number of benzene rings is 1. The molecule has 0 aliphatic heterocycles. The molecule has 0 bridgehead atoms. The predicted molar refractivity (Wildman–Crippen MR) is 77.1 cm³/mol. The fourth-order valence-electron chi connectivity index (χ4n) is 1.87. The summed E-state index contributed by atoms with van der Waals surface area (Å²) in [4.78, 5) is 21.2. The van der Waals surface area contributed by atoms with Gasteiger partial charge in [-0.2, -0.15) is 0 Å². The van der Waals surface area contributed by atoms with Gasteiger partial charge >= 0.3 is 5.97 Å². The van der Waals surface area contributed by atoms with Crippen molar-refractivity contribution in [3.8, 4) is 0 Å². The first-order chi connectivity index (χ1) is 9.74. The summed E-state index contributed by atoms with van der Waals surface area (Å²) in [7, 11) is 0. The highest BCUT2D eigenvalue weighted by Crippen LogP contribution is 2.33. The molecule has 0 fully saturated rings. The summed E-state index contributed by atoms with van der Waals surface area (Å²) in [6.45, 7) is 0. The van der Waals surface area contributed by atoms with E-state index in [1.54, 1.807) is 18.5 Å². The minimum atomic E-state index is -1.02. The summed E-state index contributed by atoms with van der Waals surface area (Å²) in [5.74, 6) is -1.02. The first-order valence-corrected chi connectivity index (χ1v) is 6.76. The zero-order chi connectivity index (χ0) is 13.9. The van der Waals surface area contributed by atoms with E-state index < -0.39 is 5.97 Å². The fraction of sp³-hybridized carbons (Fsp3) is 0. The number of para-hydroxylation sites is 1. The van der Waals surface area contributed by atoms with Crippen LogP contribution in [-0.4, -0.2) is 21.0 Å². The van der Waals surface area contributed by atoms with Crippen molar-refractivity contribution in [3.05, 3.63) is 60.6 Å². The SMILES string of the molecule is O=C(O)c1cc(Sc2ccncc2)c2ccccc2n1. The van der Waals surface area contributed by atoms with Crippen molar-refractivity contribution in [2.75, 3.05) is 0 Å². The van der Waals surface area contributed by atoms with Crippen LogP contribution in [0.3, 0.4) is 0 Å². The number of carboxylic acid groups (broad SMARTS) is 1. The van der Waals surface area contributed by atoms with Gasteiger partial charge in [-0.05, 0) is 24.3 Å². The van der Waals surface area contributed by atoms with Crippen molar-refractivity contribution in [2.24, 2.45) is 0 Å². The molecule has 98 valence electrons. The maximum atomic E-state index is 11.2. The average molecular weight is 282 g/mol. The van der Waals surface area contributed by atoms with Crippen LogP contribution in [-0.2, 0) is 0 Å². The van der Waals surface area contributed by atoms with E-state index in [1.165, 1.54) is 11.8 Å². The number of carbonyl (C=O) groups is 1. The van der Waals surface area contributed by atoms with Crippen LogP contribution in [0.1, 0.15) is 10.5 Å². The van der Waals surface area contributed by atoms with E-state index in [-0.39, 0.29) is 5.69 Å². The molecule has 0 aliphatic rings. The largest absolute Gasteiger partial charge is 0.477 e. The van der Waals surface area contributed by atoms with Gasteiger partial charge in [0.1, 0.15) is 5.69 Å². The quantitative estimate of drug-likeness (QED) is 0.796. The lowest BCUT2D eigenvalue weighted by atomic mass is 10.2. The normalized spacial score (nSPS) is 10.6. The van der Waals surface area contributed by atoms with Gasteiger partial charge in [-0.1, -0.05) is 30.0 Å². The zero-order valence-electron chi connectivity index (χ0n) is 10.4. The Morgan fingerprint density at radius 2 is 1.85 bits per heavy atom. The molecule has 1 aromatic carbocycles. The van der Waals surface area contributed by atoms with Gasteiger partial charge in [0.25, 0.3) is 0 Å². The molecule has 0 atom stereocenters. The van der Waals surface area contributed by atoms with Crippen LogP contribution in [0.25, 0.3) is 10.9 Å². The maximum Gasteiger partial charge on any atom is 0.354 e. The smallest absolute Gasteiger partial charge is 0.354 e. The summed E-state index contributed by atoms with van der Waals surface area (Å²) in [6.07, 6.45) is 3.42. The number of pyridine rings is 2. The van der Waals surface area contributed by atoms with Crippen molar-refractivity contribution in [3.63, 3.8) is 0 Å². The second kappa shape index (κ2) is 5.30. The molecule has 5 heteroatoms. The lowest BCUT2D eigenvalue weighted by Crippen LogP contribution is -2.00. The summed E-state index contributed by atoms with van der Waals surface area (Å²) < 4.78 is 0. The number of aromatic carboxylic acids is 1. The van der Waals surface area contributed by atoms with Crippen LogP contribution in [0.4, 0.5) is 0 Å². The molecule has 0 unspecified atom stereocenters. The number of rotatable bonds is 3. The Morgan fingerprint density at radius 1 is 1.10 bits per heavy atom. The number of carboxylic acids is 1. The highest BCUT2D eigenvalue weighted by atomic mass is 32.2. The molecule has 0 saturated carbocycles. The molecule has 0 saturated heterocycles. The molecule has 3 rings (SSSR count). The van der Waals surface area contributed by atoms with Crippen molar-refractivity contribution in [1.82, 2.24) is 9.97 Å². The van der Waals surface area contributed by atoms with E-state index in [0.29, 0.717) is 5.52 Å². The molecular weight excluding hydrogens is 272 g/mol. The third-order valence-electron chi connectivity index (χ3n) is 2.77. The Labute approximate surface area is 119 Å². The van der Waals surface area contributed by atoms with E-state index >= 15 is 0 Å². The van der Waals surface area contributed by atoms with Gasteiger partial charge in [0.2, 0.25) is 0 Å². The van der Waals surface area contributed by atoms with Crippen LogP contribution < -0.4 is 0 Å². The molecule has 3 aromatic rings. The Kier molecular flexibility index (Phi) is 3.35. The number of fused-ring (bicyclic) bond motifs is 1. The summed E-state index contributed by atoms with van der Waals surface area (Å²) in [5.41, 5.74) is 0.740. The van der Waals surface area contributed by atoms with Crippen LogP contribution in [0.15, 0.2) is 64.6 Å².